The zero-order valence-electron chi connectivity index (χ0n) is 21.1. The first kappa shape index (κ1) is 23.4. The number of fused-ring (bicyclic) bond motifs is 4. The van der Waals surface area contributed by atoms with Crippen molar-refractivity contribution in [3.05, 3.63) is 125 Å². The van der Waals surface area contributed by atoms with Gasteiger partial charge in [-0.2, -0.15) is 0 Å². The fraction of sp³-hybridized carbons (Fsp3) is 0.188. The maximum atomic E-state index is 14.4. The molecule has 0 saturated heterocycles. The van der Waals surface area contributed by atoms with E-state index in [1.165, 1.54) is 0 Å². The highest BCUT2D eigenvalue weighted by atomic mass is 32.2. The fourth-order valence-corrected chi connectivity index (χ4v) is 7.75. The van der Waals surface area contributed by atoms with Crippen molar-refractivity contribution in [2.45, 2.75) is 36.2 Å². The van der Waals surface area contributed by atoms with Crippen LogP contribution in [0.2, 0.25) is 0 Å². The zero-order valence-corrected chi connectivity index (χ0v) is 21.9. The van der Waals surface area contributed by atoms with Crippen molar-refractivity contribution in [1.29, 1.82) is 0 Å². The molecule has 4 aromatic carbocycles. The number of anilines is 2. The van der Waals surface area contributed by atoms with Crippen LogP contribution in [0.5, 0.6) is 0 Å². The lowest BCUT2D eigenvalue weighted by atomic mass is 9.66. The summed E-state index contributed by atoms with van der Waals surface area (Å²) in [5.41, 5.74) is 5.08. The first-order chi connectivity index (χ1) is 17.8. The third kappa shape index (κ3) is 3.48. The van der Waals surface area contributed by atoms with Crippen molar-refractivity contribution < 1.29 is 8.42 Å². The SMILES string of the molecule is Cc1ccc(S(=O)(=O)N2c3ccccc3[C@@H](C#Cc3ccccc3)[C@]3(C)c4ccccc4N(C)[C@H]23)cc1. The summed E-state index contributed by atoms with van der Waals surface area (Å²) in [4.78, 5) is 2.39. The van der Waals surface area contributed by atoms with E-state index in [1.807, 2.05) is 92.8 Å². The number of hydrogen-bond acceptors (Lipinski definition) is 3. The van der Waals surface area contributed by atoms with Crippen LogP contribution in [-0.4, -0.2) is 21.6 Å². The first-order valence-corrected chi connectivity index (χ1v) is 13.9. The second-order valence-electron chi connectivity index (χ2n) is 10.0. The normalized spacial score (nSPS) is 21.9. The van der Waals surface area contributed by atoms with Gasteiger partial charge in [0.05, 0.1) is 21.9 Å². The first-order valence-electron chi connectivity index (χ1n) is 12.4. The van der Waals surface area contributed by atoms with E-state index in [9.17, 15) is 8.42 Å². The van der Waals surface area contributed by atoms with Crippen LogP contribution in [0, 0.1) is 18.8 Å². The molecule has 0 N–H and O–H groups in total. The van der Waals surface area contributed by atoms with E-state index in [0.717, 1.165) is 27.9 Å². The molecule has 37 heavy (non-hydrogen) atoms. The lowest BCUT2D eigenvalue weighted by Gasteiger charge is -2.50. The predicted octanol–water partition coefficient (Wildman–Crippen LogP) is 6.07. The number of hydrogen-bond donors (Lipinski definition) is 0. The maximum Gasteiger partial charge on any atom is 0.266 e. The van der Waals surface area contributed by atoms with E-state index >= 15 is 0 Å². The molecule has 0 bridgehead atoms. The molecule has 0 aromatic heterocycles. The van der Waals surface area contributed by atoms with E-state index in [-0.39, 0.29) is 10.8 Å². The van der Waals surface area contributed by atoms with Gasteiger partial charge in [-0.25, -0.2) is 12.7 Å². The molecular formula is C32H28N2O2S. The molecule has 5 heteroatoms. The van der Waals surface area contributed by atoms with Crippen LogP contribution >= 0.6 is 0 Å². The van der Waals surface area contributed by atoms with Gasteiger partial charge in [-0.1, -0.05) is 91.1 Å². The highest BCUT2D eigenvalue weighted by Gasteiger charge is 2.60. The Balaban J connectivity index is 1.63. The lowest BCUT2D eigenvalue weighted by molar-refractivity contribution is 0.354. The Morgan fingerprint density at radius 2 is 1.41 bits per heavy atom. The fourth-order valence-electron chi connectivity index (χ4n) is 5.99. The number of likely N-dealkylation sites (N-methyl/N-ethyl adjacent to an activating group) is 1. The quantitative estimate of drug-likeness (QED) is 0.311. The Bertz CT molecular complexity index is 1650. The molecule has 4 aromatic rings. The van der Waals surface area contributed by atoms with Crippen molar-refractivity contribution in [3.8, 4) is 11.8 Å². The van der Waals surface area contributed by atoms with Crippen LogP contribution < -0.4 is 9.21 Å². The second kappa shape index (κ2) is 8.54. The molecule has 6 rings (SSSR count). The summed E-state index contributed by atoms with van der Waals surface area (Å²) >= 11 is 0. The van der Waals surface area contributed by atoms with Gasteiger partial charge in [0.15, 0.2) is 0 Å². The third-order valence-electron chi connectivity index (χ3n) is 7.79. The van der Waals surface area contributed by atoms with Crippen LogP contribution in [0.25, 0.3) is 0 Å². The summed E-state index contributed by atoms with van der Waals surface area (Å²) in [6, 6.07) is 33.1. The number of sulfonamides is 1. The van der Waals surface area contributed by atoms with Crippen molar-refractivity contribution in [3.63, 3.8) is 0 Å². The van der Waals surface area contributed by atoms with Crippen LogP contribution in [-0.2, 0) is 15.4 Å². The van der Waals surface area contributed by atoms with Crippen LogP contribution in [0.1, 0.15) is 35.1 Å². The minimum atomic E-state index is -3.88. The van der Waals surface area contributed by atoms with Gasteiger partial charge in [-0.15, -0.1) is 0 Å². The zero-order chi connectivity index (χ0) is 25.8. The van der Waals surface area contributed by atoms with Gasteiger partial charge < -0.3 is 4.90 Å². The molecule has 2 aliphatic heterocycles. The Labute approximate surface area is 219 Å². The molecule has 184 valence electrons. The molecule has 0 radical (unpaired) electrons. The molecule has 2 heterocycles. The van der Waals surface area contributed by atoms with Gasteiger partial charge in [-0.05, 0) is 54.4 Å². The van der Waals surface area contributed by atoms with Gasteiger partial charge in [0.1, 0.15) is 6.17 Å². The summed E-state index contributed by atoms with van der Waals surface area (Å²) in [5, 5.41) is 0. The topological polar surface area (TPSA) is 40.6 Å². The smallest absolute Gasteiger partial charge is 0.266 e. The van der Waals surface area contributed by atoms with Crippen molar-refractivity contribution >= 4 is 21.4 Å². The van der Waals surface area contributed by atoms with Crippen molar-refractivity contribution in [2.75, 3.05) is 16.3 Å². The molecular weight excluding hydrogens is 476 g/mol. The van der Waals surface area contributed by atoms with Gasteiger partial charge >= 0.3 is 0 Å². The molecule has 0 saturated carbocycles. The molecule has 4 nitrogen and oxygen atoms in total. The van der Waals surface area contributed by atoms with Crippen LogP contribution in [0.15, 0.2) is 108 Å². The van der Waals surface area contributed by atoms with E-state index in [4.69, 9.17) is 0 Å². The molecule has 0 fully saturated rings. The number of nitrogens with zero attached hydrogens (tertiary/aromatic N) is 2. The molecule has 0 spiro atoms. The highest BCUT2D eigenvalue weighted by molar-refractivity contribution is 7.92. The van der Waals surface area contributed by atoms with Gasteiger partial charge in [0.25, 0.3) is 10.0 Å². The van der Waals surface area contributed by atoms with Gasteiger partial charge in [0, 0.05) is 18.3 Å². The van der Waals surface area contributed by atoms with E-state index in [0.29, 0.717) is 5.69 Å². The Morgan fingerprint density at radius 1 is 0.784 bits per heavy atom. The van der Waals surface area contributed by atoms with Crippen molar-refractivity contribution in [2.24, 2.45) is 0 Å². The average Bonchev–Trinajstić information content (AvgIpc) is 3.14. The number of aryl methyl sites for hydroxylation is 1. The molecule has 0 aliphatic carbocycles. The van der Waals surface area contributed by atoms with E-state index < -0.39 is 21.6 Å². The minimum Gasteiger partial charge on any atom is -0.352 e. The van der Waals surface area contributed by atoms with Gasteiger partial charge in [-0.3, -0.25) is 0 Å². The maximum absolute atomic E-state index is 14.4. The van der Waals surface area contributed by atoms with Gasteiger partial charge in [0.2, 0.25) is 0 Å². The summed E-state index contributed by atoms with van der Waals surface area (Å²) in [6.07, 6.45) is -0.485. The number of para-hydroxylation sites is 2. The Kier molecular flexibility index (Phi) is 5.40. The summed E-state index contributed by atoms with van der Waals surface area (Å²) in [6.45, 7) is 4.12. The number of benzene rings is 4. The average molecular weight is 505 g/mol. The monoisotopic (exact) mass is 504 g/mol. The second-order valence-corrected chi connectivity index (χ2v) is 11.8. The van der Waals surface area contributed by atoms with E-state index in [1.54, 1.807) is 16.4 Å². The summed E-state index contributed by atoms with van der Waals surface area (Å²) in [7, 11) is -1.89. The standard InChI is InChI=1S/C32H28N2O2S/c1-23-17-20-25(21-18-23)37(35,36)34-29-15-9-7-13-26(29)27(22-19-24-11-5-4-6-12-24)32(2)28-14-8-10-16-30(28)33(3)31(32)34/h4-18,20-21,27,31H,1-3H3/t27-,31-,32-/m1/s1. The molecule has 0 unspecified atom stereocenters. The van der Waals surface area contributed by atoms with Crippen molar-refractivity contribution in [1.82, 2.24) is 0 Å². The molecule has 3 atom stereocenters. The third-order valence-corrected chi connectivity index (χ3v) is 9.57. The lowest BCUT2D eigenvalue weighted by Crippen LogP contribution is -2.60. The van der Waals surface area contributed by atoms with Crippen LogP contribution in [0.3, 0.4) is 0 Å². The van der Waals surface area contributed by atoms with E-state index in [2.05, 4.69) is 35.8 Å². The molecule has 2 aliphatic rings. The largest absolute Gasteiger partial charge is 0.352 e. The minimum absolute atomic E-state index is 0.218. The Morgan fingerprint density at radius 3 is 2.14 bits per heavy atom. The van der Waals surface area contributed by atoms with Crippen LogP contribution in [0.4, 0.5) is 11.4 Å². The highest BCUT2D eigenvalue weighted by Crippen LogP contribution is 2.58. The molecule has 0 amide bonds. The summed E-state index contributed by atoms with van der Waals surface area (Å²) in [5.74, 6) is 6.76. The Hall–Kier alpha value is -4.01. The number of rotatable bonds is 2. The predicted molar refractivity (Wildman–Crippen MR) is 149 cm³/mol. The summed E-state index contributed by atoms with van der Waals surface area (Å²) < 4.78 is 30.4.